The van der Waals surface area contributed by atoms with Gasteiger partial charge >= 0.3 is 5.97 Å². The van der Waals surface area contributed by atoms with Crippen molar-refractivity contribution in [3.63, 3.8) is 0 Å². The molecular weight excluding hydrogens is 322 g/mol. The lowest BCUT2D eigenvalue weighted by Gasteiger charge is -2.36. The normalized spacial score (nSPS) is 20.2. The molecule has 1 aromatic rings. The van der Waals surface area contributed by atoms with Crippen molar-refractivity contribution in [1.82, 2.24) is 4.90 Å². The monoisotopic (exact) mass is 349 g/mol. The summed E-state index contributed by atoms with van der Waals surface area (Å²) in [5, 5.41) is 9.15. The molecule has 1 heterocycles. The predicted molar refractivity (Wildman–Crippen MR) is 93.9 cm³/mol. The van der Waals surface area contributed by atoms with Crippen LogP contribution in [-0.2, 0) is 9.59 Å². The van der Waals surface area contributed by atoms with Gasteiger partial charge in [0.25, 0.3) is 0 Å². The van der Waals surface area contributed by atoms with Gasteiger partial charge in [-0.15, -0.1) is 0 Å². The zero-order valence-electron chi connectivity index (χ0n) is 14.9. The molecule has 0 saturated carbocycles. The third kappa shape index (κ3) is 5.66. The first-order chi connectivity index (χ1) is 12.0. The number of nitrogens with zero attached hydrogens (tertiary/aromatic N) is 1. The van der Waals surface area contributed by atoms with Crippen LogP contribution in [0.5, 0.6) is 11.5 Å². The number of likely N-dealkylation sites (tertiary alicyclic amines) is 1. The van der Waals surface area contributed by atoms with E-state index in [-0.39, 0.29) is 11.9 Å². The molecule has 6 nitrogen and oxygen atoms in total. The average molecular weight is 349 g/mol. The molecule has 138 valence electrons. The van der Waals surface area contributed by atoms with E-state index in [0.717, 1.165) is 17.9 Å². The predicted octanol–water partition coefficient (Wildman–Crippen LogP) is 2.96. The first-order valence-electron chi connectivity index (χ1n) is 8.89. The number of amides is 1. The highest BCUT2D eigenvalue weighted by atomic mass is 16.5. The highest BCUT2D eigenvalue weighted by Gasteiger charge is 2.32. The largest absolute Gasteiger partial charge is 0.494 e. The van der Waals surface area contributed by atoms with E-state index in [1.165, 1.54) is 0 Å². The number of hydrogen-bond acceptors (Lipinski definition) is 4. The van der Waals surface area contributed by atoms with Gasteiger partial charge in [-0.25, -0.2) is 0 Å². The molecule has 25 heavy (non-hydrogen) atoms. The Morgan fingerprint density at radius 2 is 1.80 bits per heavy atom. The van der Waals surface area contributed by atoms with E-state index < -0.39 is 11.9 Å². The SMILES string of the molecule is CCOc1ccc(OCCCC(=O)N2CC(C(=O)O)CCC2C)cc1. The number of piperidine rings is 1. The Hall–Kier alpha value is -2.24. The van der Waals surface area contributed by atoms with E-state index in [2.05, 4.69) is 0 Å². The summed E-state index contributed by atoms with van der Waals surface area (Å²) >= 11 is 0. The molecule has 1 amide bonds. The summed E-state index contributed by atoms with van der Waals surface area (Å²) in [6.07, 6.45) is 2.35. The summed E-state index contributed by atoms with van der Waals surface area (Å²) in [7, 11) is 0. The third-order valence-corrected chi connectivity index (χ3v) is 4.49. The second kappa shape index (κ2) is 9.30. The maximum Gasteiger partial charge on any atom is 0.308 e. The van der Waals surface area contributed by atoms with E-state index in [1.807, 2.05) is 38.1 Å². The van der Waals surface area contributed by atoms with Gasteiger partial charge in [-0.05, 0) is 57.4 Å². The van der Waals surface area contributed by atoms with Gasteiger partial charge in [-0.2, -0.15) is 0 Å². The molecule has 1 aliphatic rings. The van der Waals surface area contributed by atoms with Gasteiger partial charge in [0.1, 0.15) is 11.5 Å². The smallest absolute Gasteiger partial charge is 0.308 e. The van der Waals surface area contributed by atoms with Crippen LogP contribution in [0.15, 0.2) is 24.3 Å². The van der Waals surface area contributed by atoms with Gasteiger partial charge in [0.05, 0.1) is 19.1 Å². The highest BCUT2D eigenvalue weighted by molar-refractivity contribution is 5.78. The Labute approximate surface area is 148 Å². The van der Waals surface area contributed by atoms with Crippen LogP contribution >= 0.6 is 0 Å². The first-order valence-corrected chi connectivity index (χ1v) is 8.89. The van der Waals surface area contributed by atoms with Gasteiger partial charge in [0, 0.05) is 19.0 Å². The van der Waals surface area contributed by atoms with Crippen LogP contribution < -0.4 is 9.47 Å². The van der Waals surface area contributed by atoms with Crippen LogP contribution in [0, 0.1) is 5.92 Å². The van der Waals surface area contributed by atoms with E-state index >= 15 is 0 Å². The van der Waals surface area contributed by atoms with Crippen LogP contribution in [-0.4, -0.2) is 47.7 Å². The molecule has 1 N–H and O–H groups in total. The van der Waals surface area contributed by atoms with Gasteiger partial charge in [0.2, 0.25) is 5.91 Å². The lowest BCUT2D eigenvalue weighted by molar-refractivity contribution is -0.147. The van der Waals surface area contributed by atoms with Crippen LogP contribution in [0.2, 0.25) is 0 Å². The Bertz CT molecular complexity index is 572. The molecule has 6 heteroatoms. The number of rotatable bonds is 8. The molecule has 1 aromatic carbocycles. The molecule has 0 spiro atoms. The van der Waals surface area contributed by atoms with E-state index in [9.17, 15) is 9.59 Å². The van der Waals surface area contributed by atoms with Crippen molar-refractivity contribution in [3.8, 4) is 11.5 Å². The minimum atomic E-state index is -0.816. The number of carboxylic acid groups (broad SMARTS) is 1. The Balaban J connectivity index is 1.73. The van der Waals surface area contributed by atoms with Crippen LogP contribution in [0.25, 0.3) is 0 Å². The summed E-state index contributed by atoms with van der Waals surface area (Å²) in [5.74, 6) is 0.294. The summed E-state index contributed by atoms with van der Waals surface area (Å²) in [6, 6.07) is 7.50. The zero-order valence-corrected chi connectivity index (χ0v) is 14.9. The lowest BCUT2D eigenvalue weighted by atomic mass is 9.93. The molecule has 1 aliphatic heterocycles. The number of carboxylic acids is 1. The van der Waals surface area contributed by atoms with E-state index in [4.69, 9.17) is 14.6 Å². The highest BCUT2D eigenvalue weighted by Crippen LogP contribution is 2.23. The Kier molecular flexibility index (Phi) is 7.10. The van der Waals surface area contributed by atoms with Crippen molar-refractivity contribution in [2.75, 3.05) is 19.8 Å². The molecule has 2 rings (SSSR count). The maximum atomic E-state index is 12.4. The Morgan fingerprint density at radius 3 is 2.40 bits per heavy atom. The van der Waals surface area contributed by atoms with Gasteiger partial charge in [-0.1, -0.05) is 0 Å². The number of ether oxygens (including phenoxy) is 2. The van der Waals surface area contributed by atoms with Crippen LogP contribution in [0.3, 0.4) is 0 Å². The number of hydrogen-bond donors (Lipinski definition) is 1. The standard InChI is InChI=1S/C19H27NO5/c1-3-24-16-8-10-17(11-9-16)25-12-4-5-18(21)20-13-15(19(22)23)7-6-14(20)2/h8-11,14-15H,3-7,12-13H2,1-2H3,(H,22,23). The van der Waals surface area contributed by atoms with Crippen LogP contribution in [0.1, 0.15) is 39.5 Å². The van der Waals surface area contributed by atoms with E-state index in [0.29, 0.717) is 39.0 Å². The molecule has 2 atom stereocenters. The number of benzene rings is 1. The van der Waals surface area contributed by atoms with Crippen molar-refractivity contribution >= 4 is 11.9 Å². The van der Waals surface area contributed by atoms with Gasteiger partial charge in [0.15, 0.2) is 0 Å². The fourth-order valence-electron chi connectivity index (χ4n) is 3.01. The first kappa shape index (κ1) is 19.1. The minimum Gasteiger partial charge on any atom is -0.494 e. The van der Waals surface area contributed by atoms with Crippen molar-refractivity contribution < 1.29 is 24.2 Å². The fourth-order valence-corrected chi connectivity index (χ4v) is 3.01. The summed E-state index contributed by atoms with van der Waals surface area (Å²) < 4.78 is 11.0. The van der Waals surface area contributed by atoms with Crippen molar-refractivity contribution in [1.29, 1.82) is 0 Å². The van der Waals surface area contributed by atoms with Crippen molar-refractivity contribution in [2.45, 2.75) is 45.6 Å². The lowest BCUT2D eigenvalue weighted by Crippen LogP contribution is -2.47. The molecule has 0 bridgehead atoms. The summed E-state index contributed by atoms with van der Waals surface area (Å²) in [6.45, 7) is 5.30. The van der Waals surface area contributed by atoms with Crippen molar-refractivity contribution in [2.24, 2.45) is 5.92 Å². The van der Waals surface area contributed by atoms with E-state index in [1.54, 1.807) is 4.90 Å². The second-order valence-electron chi connectivity index (χ2n) is 6.36. The summed E-state index contributed by atoms with van der Waals surface area (Å²) in [4.78, 5) is 25.2. The molecule has 0 aromatic heterocycles. The maximum absolute atomic E-state index is 12.4. The third-order valence-electron chi connectivity index (χ3n) is 4.49. The molecule has 0 radical (unpaired) electrons. The van der Waals surface area contributed by atoms with Crippen molar-refractivity contribution in [3.05, 3.63) is 24.3 Å². The minimum absolute atomic E-state index is 0.00810. The average Bonchev–Trinajstić information content (AvgIpc) is 2.60. The number of carbonyl (C=O) groups is 2. The molecule has 1 saturated heterocycles. The Morgan fingerprint density at radius 1 is 1.16 bits per heavy atom. The summed E-state index contributed by atoms with van der Waals surface area (Å²) in [5.41, 5.74) is 0. The quantitative estimate of drug-likeness (QED) is 0.730. The molecule has 0 aliphatic carbocycles. The topological polar surface area (TPSA) is 76.1 Å². The second-order valence-corrected chi connectivity index (χ2v) is 6.36. The number of carbonyl (C=O) groups excluding carboxylic acids is 1. The molecule has 2 unspecified atom stereocenters. The fraction of sp³-hybridized carbons (Fsp3) is 0.579. The number of aliphatic carboxylic acids is 1. The van der Waals surface area contributed by atoms with Gasteiger partial charge in [-0.3, -0.25) is 9.59 Å². The zero-order chi connectivity index (χ0) is 18.2. The van der Waals surface area contributed by atoms with Gasteiger partial charge < -0.3 is 19.5 Å². The molecular formula is C19H27NO5. The molecule has 1 fully saturated rings. The van der Waals surface area contributed by atoms with Crippen LogP contribution in [0.4, 0.5) is 0 Å².